The van der Waals surface area contributed by atoms with Gasteiger partial charge in [0, 0.05) is 11.3 Å². The number of aromatic nitrogens is 1. The Balaban J connectivity index is 1.98. The van der Waals surface area contributed by atoms with E-state index >= 15 is 0 Å². The Hall–Kier alpha value is -2.16. The predicted octanol–water partition coefficient (Wildman–Crippen LogP) is 1.02. The summed E-state index contributed by atoms with van der Waals surface area (Å²) in [5, 5.41) is 21.9. The maximum absolute atomic E-state index is 11.8. The Morgan fingerprint density at radius 2 is 1.90 bits per heavy atom. The minimum Gasteiger partial charge on any atom is -0.480 e. The molecular formula is C11H13N3O5S. The molecule has 9 heteroatoms. The van der Waals surface area contributed by atoms with E-state index in [0.717, 1.165) is 18.5 Å². The first-order valence-corrected chi connectivity index (χ1v) is 6.78. The van der Waals surface area contributed by atoms with E-state index in [9.17, 15) is 14.4 Å². The number of nitrogens with zero attached hydrogens (tertiary/aromatic N) is 2. The van der Waals surface area contributed by atoms with Crippen LogP contribution in [0.4, 0.5) is 9.93 Å². The van der Waals surface area contributed by atoms with Gasteiger partial charge < -0.3 is 15.1 Å². The van der Waals surface area contributed by atoms with Gasteiger partial charge in [-0.2, -0.15) is 0 Å². The molecule has 1 aliphatic rings. The summed E-state index contributed by atoms with van der Waals surface area (Å²) in [6, 6.07) is -0.786. The highest BCUT2D eigenvalue weighted by Gasteiger charge is 2.27. The third-order valence-electron chi connectivity index (χ3n) is 2.67. The zero-order valence-electron chi connectivity index (χ0n) is 10.4. The zero-order valence-corrected chi connectivity index (χ0v) is 11.2. The van der Waals surface area contributed by atoms with Crippen molar-refractivity contribution in [2.75, 3.05) is 18.4 Å². The van der Waals surface area contributed by atoms with Gasteiger partial charge in [-0.3, -0.25) is 14.9 Å². The van der Waals surface area contributed by atoms with Crippen molar-refractivity contribution in [1.29, 1.82) is 0 Å². The first kappa shape index (κ1) is 14.3. The second-order valence-corrected chi connectivity index (χ2v) is 5.28. The second kappa shape index (κ2) is 5.87. The number of hydrogen-bond donors (Lipinski definition) is 3. The van der Waals surface area contributed by atoms with Gasteiger partial charge in [0.1, 0.15) is 13.1 Å². The van der Waals surface area contributed by atoms with E-state index in [4.69, 9.17) is 10.2 Å². The highest BCUT2D eigenvalue weighted by molar-refractivity contribution is 7.13. The van der Waals surface area contributed by atoms with Crippen LogP contribution in [0.5, 0.6) is 0 Å². The molecule has 0 radical (unpaired) electrons. The molecule has 0 aliphatic heterocycles. The molecule has 1 aromatic heterocycles. The molecule has 0 aromatic carbocycles. The van der Waals surface area contributed by atoms with Crippen LogP contribution in [0, 0.1) is 0 Å². The van der Waals surface area contributed by atoms with Crippen molar-refractivity contribution in [3.8, 4) is 0 Å². The predicted molar refractivity (Wildman–Crippen MR) is 70.0 cm³/mol. The van der Waals surface area contributed by atoms with E-state index in [1.165, 1.54) is 11.3 Å². The summed E-state index contributed by atoms with van der Waals surface area (Å²) in [4.78, 5) is 38.0. The number of carboxylic acids is 2. The third-order valence-corrected chi connectivity index (χ3v) is 3.45. The van der Waals surface area contributed by atoms with Crippen LogP contribution in [0.2, 0.25) is 0 Å². The van der Waals surface area contributed by atoms with E-state index in [-0.39, 0.29) is 0 Å². The minimum atomic E-state index is -1.28. The van der Waals surface area contributed by atoms with Gasteiger partial charge in [-0.25, -0.2) is 9.78 Å². The average molecular weight is 299 g/mol. The van der Waals surface area contributed by atoms with Crippen molar-refractivity contribution >= 4 is 34.4 Å². The number of thiazole rings is 1. The van der Waals surface area contributed by atoms with E-state index in [2.05, 4.69) is 10.3 Å². The van der Waals surface area contributed by atoms with Crippen LogP contribution in [0.25, 0.3) is 0 Å². The summed E-state index contributed by atoms with van der Waals surface area (Å²) in [7, 11) is 0. The number of carbonyl (C=O) groups is 3. The highest BCUT2D eigenvalue weighted by atomic mass is 32.1. The number of urea groups is 1. The first-order valence-electron chi connectivity index (χ1n) is 5.90. The van der Waals surface area contributed by atoms with E-state index in [0.29, 0.717) is 15.9 Å². The van der Waals surface area contributed by atoms with Crippen molar-refractivity contribution < 1.29 is 24.6 Å². The minimum absolute atomic E-state index is 0.345. The maximum atomic E-state index is 11.8. The van der Waals surface area contributed by atoms with Crippen molar-refractivity contribution in [3.05, 3.63) is 11.1 Å². The Bertz CT molecular complexity index is 524. The van der Waals surface area contributed by atoms with Crippen LogP contribution >= 0.6 is 11.3 Å². The van der Waals surface area contributed by atoms with Gasteiger partial charge in [0.2, 0.25) is 0 Å². The lowest BCUT2D eigenvalue weighted by Gasteiger charge is -2.17. The fourth-order valence-corrected chi connectivity index (χ4v) is 2.39. The zero-order chi connectivity index (χ0) is 14.7. The number of nitrogens with one attached hydrogen (secondary N) is 1. The standard InChI is InChI=1S/C11H13N3O5S/c15-8(16)3-14(4-9(17)18)11(19)13-10-12-7(5-20-10)6-1-2-6/h5-6H,1-4H2,(H,15,16)(H,17,18)(H,12,13,19). The highest BCUT2D eigenvalue weighted by Crippen LogP contribution is 2.40. The van der Waals surface area contributed by atoms with Crippen molar-refractivity contribution in [3.63, 3.8) is 0 Å². The van der Waals surface area contributed by atoms with E-state index < -0.39 is 31.1 Å². The van der Waals surface area contributed by atoms with Crippen molar-refractivity contribution in [1.82, 2.24) is 9.88 Å². The van der Waals surface area contributed by atoms with E-state index in [1.54, 1.807) is 0 Å². The lowest BCUT2D eigenvalue weighted by atomic mass is 10.3. The van der Waals surface area contributed by atoms with Crippen LogP contribution < -0.4 is 5.32 Å². The molecule has 1 saturated carbocycles. The molecule has 1 aliphatic carbocycles. The smallest absolute Gasteiger partial charge is 0.324 e. The molecule has 20 heavy (non-hydrogen) atoms. The van der Waals surface area contributed by atoms with Gasteiger partial charge in [0.25, 0.3) is 0 Å². The lowest BCUT2D eigenvalue weighted by molar-refractivity contribution is -0.140. The van der Waals surface area contributed by atoms with Gasteiger partial charge in [-0.15, -0.1) is 11.3 Å². The molecule has 1 aromatic rings. The molecule has 0 atom stereocenters. The molecule has 2 amide bonds. The fourth-order valence-electron chi connectivity index (χ4n) is 1.61. The molecule has 0 unspecified atom stereocenters. The fraction of sp³-hybridized carbons (Fsp3) is 0.455. The molecule has 0 saturated heterocycles. The van der Waals surface area contributed by atoms with Gasteiger partial charge >= 0.3 is 18.0 Å². The SMILES string of the molecule is O=C(O)CN(CC(=O)O)C(=O)Nc1nc(C2CC2)cs1. The molecular weight excluding hydrogens is 286 g/mol. The summed E-state index contributed by atoms with van der Waals surface area (Å²) in [5.74, 6) is -2.11. The number of amides is 2. The summed E-state index contributed by atoms with van der Waals surface area (Å²) in [5.41, 5.74) is 0.910. The Kier molecular flexibility index (Phi) is 4.18. The van der Waals surface area contributed by atoms with Crippen LogP contribution in [0.1, 0.15) is 24.5 Å². The van der Waals surface area contributed by atoms with Crippen LogP contribution in [0.15, 0.2) is 5.38 Å². The summed E-state index contributed by atoms with van der Waals surface area (Å²) in [6.45, 7) is -1.36. The number of carbonyl (C=O) groups excluding carboxylic acids is 1. The molecule has 0 bridgehead atoms. The van der Waals surface area contributed by atoms with Gasteiger partial charge in [0.05, 0.1) is 5.69 Å². The van der Waals surface area contributed by atoms with Crippen LogP contribution in [0.3, 0.4) is 0 Å². The number of anilines is 1. The molecule has 3 N–H and O–H groups in total. The number of rotatable bonds is 6. The largest absolute Gasteiger partial charge is 0.480 e. The maximum Gasteiger partial charge on any atom is 0.324 e. The van der Waals surface area contributed by atoms with Crippen LogP contribution in [-0.4, -0.2) is 51.2 Å². The monoisotopic (exact) mass is 299 g/mol. The summed E-state index contributed by atoms with van der Waals surface area (Å²) >= 11 is 1.24. The quantitative estimate of drug-likeness (QED) is 0.721. The van der Waals surface area contributed by atoms with Gasteiger partial charge in [0.15, 0.2) is 5.13 Å². The molecule has 2 rings (SSSR count). The Labute approximate surface area is 118 Å². The van der Waals surface area contributed by atoms with Crippen molar-refractivity contribution in [2.24, 2.45) is 0 Å². The summed E-state index contributed by atoms with van der Waals surface area (Å²) in [6.07, 6.45) is 2.17. The Morgan fingerprint density at radius 3 is 2.40 bits per heavy atom. The number of carboxylic acid groups (broad SMARTS) is 2. The normalized spacial score (nSPS) is 13.8. The molecule has 8 nitrogen and oxygen atoms in total. The third kappa shape index (κ3) is 3.92. The number of hydrogen-bond acceptors (Lipinski definition) is 5. The average Bonchev–Trinajstić information content (AvgIpc) is 3.08. The van der Waals surface area contributed by atoms with Gasteiger partial charge in [-0.05, 0) is 12.8 Å². The molecule has 1 heterocycles. The molecule has 1 fully saturated rings. The van der Waals surface area contributed by atoms with Crippen LogP contribution in [-0.2, 0) is 9.59 Å². The summed E-state index contributed by atoms with van der Waals surface area (Å²) < 4.78 is 0. The topological polar surface area (TPSA) is 120 Å². The molecule has 0 spiro atoms. The Morgan fingerprint density at radius 1 is 1.30 bits per heavy atom. The number of aliphatic carboxylic acids is 2. The molecule has 108 valence electrons. The lowest BCUT2D eigenvalue weighted by Crippen LogP contribution is -2.41. The first-order chi connectivity index (χ1) is 9.45. The van der Waals surface area contributed by atoms with E-state index in [1.807, 2.05) is 5.38 Å². The second-order valence-electron chi connectivity index (χ2n) is 4.43. The van der Waals surface area contributed by atoms with Crippen molar-refractivity contribution in [2.45, 2.75) is 18.8 Å². The van der Waals surface area contributed by atoms with Gasteiger partial charge in [-0.1, -0.05) is 0 Å².